The van der Waals surface area contributed by atoms with Gasteiger partial charge in [0.25, 0.3) is 0 Å². The molecule has 1 fully saturated rings. The van der Waals surface area contributed by atoms with Gasteiger partial charge in [0.15, 0.2) is 0 Å². The third kappa shape index (κ3) is 2.57. The summed E-state index contributed by atoms with van der Waals surface area (Å²) in [6, 6.07) is 2.29. The third-order valence-corrected chi connectivity index (χ3v) is 3.02. The van der Waals surface area contributed by atoms with E-state index in [4.69, 9.17) is 5.26 Å². The van der Waals surface area contributed by atoms with Gasteiger partial charge < -0.3 is 0 Å². The Morgan fingerprint density at radius 2 is 1.71 bits per heavy atom. The van der Waals surface area contributed by atoms with E-state index in [2.05, 4.69) is 6.07 Å². The number of Topliss-reactive ketones (excluding diaryl/α,β-unsaturated/α-hetero) is 1. The molecule has 0 spiro atoms. The Morgan fingerprint density at radius 3 is 2.07 bits per heavy atom. The Hall–Kier alpha value is -0.840. The molecule has 1 aliphatic rings. The lowest BCUT2D eigenvalue weighted by molar-refractivity contribution is -0.131. The summed E-state index contributed by atoms with van der Waals surface area (Å²) in [6.45, 7) is 5.93. The molecule has 0 aliphatic heterocycles. The summed E-state index contributed by atoms with van der Waals surface area (Å²) >= 11 is 0. The fourth-order valence-corrected chi connectivity index (χ4v) is 2.10. The van der Waals surface area contributed by atoms with Gasteiger partial charge in [-0.3, -0.25) is 4.79 Å². The standard InChI is InChI=1S/C12H19NO/c1-12(2,3)11(14)10-6-4-9(8-13)5-7-10/h9-10H,4-7H2,1-3H3/t9-,10-. The Labute approximate surface area is 86.3 Å². The van der Waals surface area contributed by atoms with Crippen LogP contribution in [0, 0.1) is 28.6 Å². The number of carbonyl (C=O) groups is 1. The Balaban J connectivity index is 2.51. The maximum atomic E-state index is 11.9. The van der Waals surface area contributed by atoms with Crippen molar-refractivity contribution < 1.29 is 4.79 Å². The molecular formula is C12H19NO. The molecule has 1 aliphatic carbocycles. The molecule has 78 valence electrons. The van der Waals surface area contributed by atoms with Crippen LogP contribution in [0.3, 0.4) is 0 Å². The maximum absolute atomic E-state index is 11.9. The number of carbonyl (C=O) groups excluding carboxylic acids is 1. The van der Waals surface area contributed by atoms with E-state index in [0.717, 1.165) is 25.7 Å². The first-order valence-electron chi connectivity index (χ1n) is 5.39. The highest BCUT2D eigenvalue weighted by Crippen LogP contribution is 2.33. The number of nitrogens with zero attached hydrogens (tertiary/aromatic N) is 1. The molecule has 0 aromatic carbocycles. The molecule has 0 bridgehead atoms. The molecule has 0 aromatic rings. The molecule has 0 radical (unpaired) electrons. The lowest BCUT2D eigenvalue weighted by Gasteiger charge is -2.29. The smallest absolute Gasteiger partial charge is 0.141 e. The van der Waals surface area contributed by atoms with Gasteiger partial charge in [0.05, 0.1) is 6.07 Å². The van der Waals surface area contributed by atoms with Crippen LogP contribution in [0.5, 0.6) is 0 Å². The average molecular weight is 193 g/mol. The largest absolute Gasteiger partial charge is 0.299 e. The number of hydrogen-bond donors (Lipinski definition) is 0. The summed E-state index contributed by atoms with van der Waals surface area (Å²) in [6.07, 6.45) is 3.63. The molecule has 2 nitrogen and oxygen atoms in total. The van der Waals surface area contributed by atoms with Gasteiger partial charge >= 0.3 is 0 Å². The van der Waals surface area contributed by atoms with E-state index in [1.807, 2.05) is 20.8 Å². The van der Waals surface area contributed by atoms with E-state index < -0.39 is 0 Å². The van der Waals surface area contributed by atoms with E-state index in [0.29, 0.717) is 5.78 Å². The summed E-state index contributed by atoms with van der Waals surface area (Å²) in [5.41, 5.74) is -0.218. The van der Waals surface area contributed by atoms with Crippen molar-refractivity contribution in [3.05, 3.63) is 0 Å². The second kappa shape index (κ2) is 4.13. The second-order valence-electron chi connectivity index (χ2n) is 5.29. The van der Waals surface area contributed by atoms with Crippen molar-refractivity contribution in [2.75, 3.05) is 0 Å². The van der Waals surface area contributed by atoms with Crippen LogP contribution in [0.25, 0.3) is 0 Å². The van der Waals surface area contributed by atoms with Crippen molar-refractivity contribution >= 4 is 5.78 Å². The average Bonchev–Trinajstić information content (AvgIpc) is 2.15. The van der Waals surface area contributed by atoms with Crippen molar-refractivity contribution in [3.8, 4) is 6.07 Å². The SMILES string of the molecule is CC(C)(C)C(=O)[C@H]1CC[C@H](C#N)CC1. The highest BCUT2D eigenvalue weighted by atomic mass is 16.1. The maximum Gasteiger partial charge on any atom is 0.141 e. The van der Waals surface area contributed by atoms with Gasteiger partial charge in [-0.1, -0.05) is 20.8 Å². The van der Waals surface area contributed by atoms with Crippen LogP contribution in [0.1, 0.15) is 46.5 Å². The van der Waals surface area contributed by atoms with Crippen LogP contribution >= 0.6 is 0 Å². The van der Waals surface area contributed by atoms with Gasteiger partial charge in [0.2, 0.25) is 0 Å². The van der Waals surface area contributed by atoms with Crippen molar-refractivity contribution in [1.29, 1.82) is 5.26 Å². The van der Waals surface area contributed by atoms with Crippen molar-refractivity contribution in [3.63, 3.8) is 0 Å². The Kier molecular flexibility index (Phi) is 3.31. The highest BCUT2D eigenvalue weighted by molar-refractivity contribution is 5.86. The van der Waals surface area contributed by atoms with E-state index in [-0.39, 0.29) is 17.3 Å². The molecule has 0 atom stereocenters. The Morgan fingerprint density at radius 1 is 1.21 bits per heavy atom. The normalized spacial score (nSPS) is 28.1. The molecule has 0 aromatic heterocycles. The molecule has 14 heavy (non-hydrogen) atoms. The van der Waals surface area contributed by atoms with E-state index in [9.17, 15) is 4.79 Å². The molecular weight excluding hydrogens is 174 g/mol. The summed E-state index contributed by atoms with van der Waals surface area (Å²) < 4.78 is 0. The Bertz CT molecular complexity index is 248. The summed E-state index contributed by atoms with van der Waals surface area (Å²) in [5.74, 6) is 0.771. The van der Waals surface area contributed by atoms with Crippen LogP contribution in [0.4, 0.5) is 0 Å². The zero-order chi connectivity index (χ0) is 10.8. The molecule has 2 heteroatoms. The van der Waals surface area contributed by atoms with Gasteiger partial charge in [-0.25, -0.2) is 0 Å². The van der Waals surface area contributed by atoms with Crippen molar-refractivity contribution in [1.82, 2.24) is 0 Å². The number of ketones is 1. The minimum absolute atomic E-state index is 0.194. The summed E-state index contributed by atoms with van der Waals surface area (Å²) in [4.78, 5) is 11.9. The first-order chi connectivity index (χ1) is 6.45. The highest BCUT2D eigenvalue weighted by Gasteiger charge is 2.32. The second-order valence-corrected chi connectivity index (χ2v) is 5.29. The lowest BCUT2D eigenvalue weighted by atomic mass is 9.74. The molecule has 1 rings (SSSR count). The van der Waals surface area contributed by atoms with E-state index in [1.54, 1.807) is 0 Å². The minimum Gasteiger partial charge on any atom is -0.299 e. The molecule has 0 heterocycles. The molecule has 0 saturated heterocycles. The summed E-state index contributed by atoms with van der Waals surface area (Å²) in [7, 11) is 0. The van der Waals surface area contributed by atoms with Gasteiger partial charge in [-0.2, -0.15) is 5.26 Å². The zero-order valence-electron chi connectivity index (χ0n) is 9.34. The van der Waals surface area contributed by atoms with E-state index in [1.165, 1.54) is 0 Å². The monoisotopic (exact) mass is 193 g/mol. The van der Waals surface area contributed by atoms with Crippen LogP contribution in [-0.2, 0) is 4.79 Å². The third-order valence-electron chi connectivity index (χ3n) is 3.02. The van der Waals surface area contributed by atoms with Crippen LogP contribution in [-0.4, -0.2) is 5.78 Å². The molecule has 0 N–H and O–H groups in total. The number of rotatable bonds is 1. The molecule has 0 unspecified atom stereocenters. The van der Waals surface area contributed by atoms with Crippen LogP contribution in [0.15, 0.2) is 0 Å². The van der Waals surface area contributed by atoms with Gasteiger partial charge in [-0.05, 0) is 25.7 Å². The van der Waals surface area contributed by atoms with Crippen molar-refractivity contribution in [2.45, 2.75) is 46.5 Å². The first kappa shape index (κ1) is 11.2. The molecule has 0 amide bonds. The van der Waals surface area contributed by atoms with Crippen LogP contribution < -0.4 is 0 Å². The van der Waals surface area contributed by atoms with Gasteiger partial charge in [0.1, 0.15) is 5.78 Å². The van der Waals surface area contributed by atoms with E-state index >= 15 is 0 Å². The lowest BCUT2D eigenvalue weighted by Crippen LogP contribution is -2.31. The predicted octanol–water partition coefficient (Wildman–Crippen LogP) is 2.93. The fourth-order valence-electron chi connectivity index (χ4n) is 2.10. The summed E-state index contributed by atoms with van der Waals surface area (Å²) in [5, 5.41) is 8.74. The predicted molar refractivity (Wildman–Crippen MR) is 55.5 cm³/mol. The van der Waals surface area contributed by atoms with Gasteiger partial charge in [-0.15, -0.1) is 0 Å². The van der Waals surface area contributed by atoms with Crippen LogP contribution in [0.2, 0.25) is 0 Å². The minimum atomic E-state index is -0.218. The molecule has 1 saturated carbocycles. The number of hydrogen-bond acceptors (Lipinski definition) is 2. The first-order valence-corrected chi connectivity index (χ1v) is 5.39. The topological polar surface area (TPSA) is 40.9 Å². The quantitative estimate of drug-likeness (QED) is 0.642. The zero-order valence-corrected chi connectivity index (χ0v) is 9.34. The van der Waals surface area contributed by atoms with Crippen molar-refractivity contribution in [2.24, 2.45) is 17.3 Å². The fraction of sp³-hybridized carbons (Fsp3) is 0.833. The van der Waals surface area contributed by atoms with Gasteiger partial charge in [0, 0.05) is 17.3 Å². The number of nitriles is 1.